The summed E-state index contributed by atoms with van der Waals surface area (Å²) in [4.78, 5) is 26.7. The molecule has 0 radical (unpaired) electrons. The lowest BCUT2D eigenvalue weighted by Crippen LogP contribution is -2.41. The predicted octanol–water partition coefficient (Wildman–Crippen LogP) is 3.44. The van der Waals surface area contributed by atoms with Gasteiger partial charge in [-0.25, -0.2) is 4.39 Å². The highest BCUT2D eigenvalue weighted by Gasteiger charge is 2.32. The van der Waals surface area contributed by atoms with Crippen LogP contribution in [0.1, 0.15) is 17.5 Å². The molecule has 0 aromatic heterocycles. The third-order valence-corrected chi connectivity index (χ3v) is 5.10. The first-order valence-corrected chi connectivity index (χ1v) is 9.39. The zero-order valence-corrected chi connectivity index (χ0v) is 15.4. The van der Waals surface area contributed by atoms with Gasteiger partial charge in [-0.15, -0.1) is 0 Å². The summed E-state index contributed by atoms with van der Waals surface area (Å²) in [5.41, 5.74) is 1.79. The van der Waals surface area contributed by atoms with Crippen LogP contribution in [0.4, 0.5) is 4.39 Å². The van der Waals surface area contributed by atoms with Crippen LogP contribution in [-0.4, -0.2) is 29.3 Å². The lowest BCUT2D eigenvalue weighted by molar-refractivity contribution is -0.132. The molecule has 28 heavy (non-hydrogen) atoms. The lowest BCUT2D eigenvalue weighted by atomic mass is 10.0. The number of rotatable bonds is 5. The molecule has 1 atom stereocenters. The fourth-order valence-corrected chi connectivity index (χ4v) is 3.62. The molecular formula is C23H21FN2O2. The number of amides is 2. The van der Waals surface area contributed by atoms with Gasteiger partial charge >= 0.3 is 0 Å². The van der Waals surface area contributed by atoms with E-state index in [4.69, 9.17) is 0 Å². The number of halogens is 1. The van der Waals surface area contributed by atoms with Crippen LogP contribution in [0.2, 0.25) is 0 Å². The van der Waals surface area contributed by atoms with E-state index in [0.717, 1.165) is 21.9 Å². The van der Waals surface area contributed by atoms with Crippen molar-refractivity contribution in [3.05, 3.63) is 83.7 Å². The zero-order valence-electron chi connectivity index (χ0n) is 15.4. The molecule has 0 spiro atoms. The van der Waals surface area contributed by atoms with Gasteiger partial charge in [-0.1, -0.05) is 54.6 Å². The molecule has 0 unspecified atom stereocenters. The number of likely N-dealkylation sites (tertiary alicyclic amines) is 1. The minimum Gasteiger partial charge on any atom is -0.344 e. The number of fused-ring (bicyclic) bond motifs is 1. The molecule has 1 aliphatic heterocycles. The van der Waals surface area contributed by atoms with Crippen LogP contribution in [0.5, 0.6) is 0 Å². The maximum atomic E-state index is 13.0. The van der Waals surface area contributed by atoms with Gasteiger partial charge in [-0.05, 0) is 40.5 Å². The van der Waals surface area contributed by atoms with Gasteiger partial charge in [0.2, 0.25) is 11.8 Å². The number of hydrogen-bond donors (Lipinski definition) is 1. The molecule has 2 amide bonds. The summed E-state index contributed by atoms with van der Waals surface area (Å²) in [7, 11) is 0. The number of hydrogen-bond acceptors (Lipinski definition) is 2. The standard InChI is InChI=1S/C23H21FN2O2/c24-20-9-6-16(7-10-20)15-26-12-11-21(23(26)28)25-22(27)14-17-5-8-18-3-1-2-4-19(18)13-17/h1-10,13,21H,11-12,14-15H2,(H,25,27)/t21-/m1/s1. The summed E-state index contributed by atoms with van der Waals surface area (Å²) in [5, 5.41) is 5.09. The Kier molecular flexibility index (Phi) is 5.06. The van der Waals surface area contributed by atoms with Gasteiger partial charge in [-0.3, -0.25) is 9.59 Å². The van der Waals surface area contributed by atoms with Crippen LogP contribution < -0.4 is 5.32 Å². The molecule has 0 aliphatic carbocycles. The van der Waals surface area contributed by atoms with Crippen molar-refractivity contribution in [2.45, 2.75) is 25.4 Å². The molecule has 3 aromatic rings. The third kappa shape index (κ3) is 4.03. The molecule has 1 aliphatic rings. The highest BCUT2D eigenvalue weighted by atomic mass is 19.1. The first kappa shape index (κ1) is 18.2. The molecular weight excluding hydrogens is 355 g/mol. The molecule has 1 fully saturated rings. The first-order valence-electron chi connectivity index (χ1n) is 9.39. The summed E-state index contributed by atoms with van der Waals surface area (Å²) in [6.07, 6.45) is 0.829. The van der Waals surface area contributed by atoms with Crippen molar-refractivity contribution in [2.24, 2.45) is 0 Å². The van der Waals surface area contributed by atoms with Crippen molar-refractivity contribution in [3.63, 3.8) is 0 Å². The molecule has 3 aromatic carbocycles. The molecule has 1 N–H and O–H groups in total. The van der Waals surface area contributed by atoms with Crippen molar-refractivity contribution in [1.29, 1.82) is 0 Å². The van der Waals surface area contributed by atoms with Crippen LogP contribution in [0.15, 0.2) is 66.7 Å². The lowest BCUT2D eigenvalue weighted by Gasteiger charge is -2.17. The van der Waals surface area contributed by atoms with Gasteiger partial charge in [0.05, 0.1) is 6.42 Å². The highest BCUT2D eigenvalue weighted by Crippen LogP contribution is 2.18. The van der Waals surface area contributed by atoms with Crippen LogP contribution in [0.3, 0.4) is 0 Å². The molecule has 5 heteroatoms. The maximum Gasteiger partial charge on any atom is 0.245 e. The second-order valence-corrected chi connectivity index (χ2v) is 7.15. The highest BCUT2D eigenvalue weighted by molar-refractivity contribution is 5.90. The van der Waals surface area contributed by atoms with Crippen molar-refractivity contribution in [3.8, 4) is 0 Å². The zero-order chi connectivity index (χ0) is 19.5. The Balaban J connectivity index is 1.35. The van der Waals surface area contributed by atoms with Crippen molar-refractivity contribution in [2.75, 3.05) is 6.54 Å². The summed E-state index contributed by atoms with van der Waals surface area (Å²) in [6.45, 7) is 1.01. The van der Waals surface area contributed by atoms with E-state index in [2.05, 4.69) is 5.32 Å². The van der Waals surface area contributed by atoms with E-state index in [1.54, 1.807) is 17.0 Å². The van der Waals surface area contributed by atoms with Crippen LogP contribution in [0, 0.1) is 5.82 Å². The number of nitrogens with one attached hydrogen (secondary N) is 1. The summed E-state index contributed by atoms with van der Waals surface area (Å²) >= 11 is 0. The minimum atomic E-state index is -0.492. The number of nitrogens with zero attached hydrogens (tertiary/aromatic N) is 1. The molecule has 142 valence electrons. The Hall–Kier alpha value is -3.21. The molecule has 1 saturated heterocycles. The number of carbonyl (C=O) groups is 2. The Morgan fingerprint density at radius 2 is 1.71 bits per heavy atom. The van der Waals surface area contributed by atoms with E-state index < -0.39 is 6.04 Å². The Morgan fingerprint density at radius 3 is 2.50 bits per heavy atom. The second-order valence-electron chi connectivity index (χ2n) is 7.15. The predicted molar refractivity (Wildman–Crippen MR) is 106 cm³/mol. The summed E-state index contributed by atoms with van der Waals surface area (Å²) in [5.74, 6) is -0.538. The van der Waals surface area contributed by atoms with Gasteiger partial charge < -0.3 is 10.2 Å². The largest absolute Gasteiger partial charge is 0.344 e. The van der Waals surface area contributed by atoms with E-state index in [1.807, 2.05) is 42.5 Å². The summed E-state index contributed by atoms with van der Waals surface area (Å²) in [6, 6.07) is 19.6. The molecule has 1 heterocycles. The van der Waals surface area contributed by atoms with Crippen molar-refractivity contribution < 1.29 is 14.0 Å². The first-order chi connectivity index (χ1) is 13.6. The fourth-order valence-electron chi connectivity index (χ4n) is 3.62. The monoisotopic (exact) mass is 376 g/mol. The third-order valence-electron chi connectivity index (χ3n) is 5.10. The smallest absolute Gasteiger partial charge is 0.245 e. The Labute approximate surface area is 163 Å². The molecule has 4 nitrogen and oxygen atoms in total. The van der Waals surface area contributed by atoms with Crippen LogP contribution in [0.25, 0.3) is 10.8 Å². The Bertz CT molecular complexity index is 1020. The van der Waals surface area contributed by atoms with Gasteiger partial charge in [0.25, 0.3) is 0 Å². The van der Waals surface area contributed by atoms with E-state index in [0.29, 0.717) is 19.5 Å². The average molecular weight is 376 g/mol. The minimum absolute atomic E-state index is 0.0869. The quantitative estimate of drug-likeness (QED) is 0.742. The van der Waals surface area contributed by atoms with E-state index in [-0.39, 0.29) is 24.1 Å². The van der Waals surface area contributed by atoms with Gasteiger partial charge in [0.15, 0.2) is 0 Å². The summed E-state index contributed by atoms with van der Waals surface area (Å²) < 4.78 is 13.0. The topological polar surface area (TPSA) is 49.4 Å². The molecule has 0 saturated carbocycles. The van der Waals surface area contributed by atoms with Gasteiger partial charge in [0, 0.05) is 13.1 Å². The molecule has 0 bridgehead atoms. The van der Waals surface area contributed by atoms with E-state index in [9.17, 15) is 14.0 Å². The van der Waals surface area contributed by atoms with Crippen LogP contribution in [-0.2, 0) is 22.6 Å². The van der Waals surface area contributed by atoms with Crippen molar-refractivity contribution >= 4 is 22.6 Å². The fraction of sp³-hybridized carbons (Fsp3) is 0.217. The SMILES string of the molecule is O=C(Cc1ccc2ccccc2c1)N[C@@H]1CCN(Cc2ccc(F)cc2)C1=O. The normalized spacial score (nSPS) is 16.5. The average Bonchev–Trinajstić information content (AvgIpc) is 3.03. The van der Waals surface area contributed by atoms with E-state index in [1.165, 1.54) is 12.1 Å². The van der Waals surface area contributed by atoms with Gasteiger partial charge in [0.1, 0.15) is 11.9 Å². The number of carbonyl (C=O) groups excluding carboxylic acids is 2. The van der Waals surface area contributed by atoms with Crippen LogP contribution >= 0.6 is 0 Å². The number of benzene rings is 3. The van der Waals surface area contributed by atoms with E-state index >= 15 is 0 Å². The second kappa shape index (κ2) is 7.80. The van der Waals surface area contributed by atoms with Crippen molar-refractivity contribution in [1.82, 2.24) is 10.2 Å². The maximum absolute atomic E-state index is 13.0. The Morgan fingerprint density at radius 1 is 1.00 bits per heavy atom. The van der Waals surface area contributed by atoms with Gasteiger partial charge in [-0.2, -0.15) is 0 Å². The molecule has 4 rings (SSSR count).